The van der Waals surface area contributed by atoms with E-state index in [1.165, 1.54) is 72.8 Å². The number of rotatable bonds is 7. The fraction of sp³-hybridized carbons (Fsp3) is 0.212. The lowest BCUT2D eigenvalue weighted by Gasteiger charge is -2.33. The number of nitrogens with zero attached hydrogens (tertiary/aromatic N) is 1. The van der Waals surface area contributed by atoms with Gasteiger partial charge in [0.05, 0.1) is 15.5 Å². The first-order valence-corrected chi connectivity index (χ1v) is 16.8. The highest BCUT2D eigenvalue weighted by Crippen LogP contribution is 2.51. The first kappa shape index (κ1) is 31.1. The van der Waals surface area contributed by atoms with Crippen molar-refractivity contribution in [3.05, 3.63) is 126 Å². The van der Waals surface area contributed by atoms with Crippen LogP contribution in [0.1, 0.15) is 38.3 Å². The first-order chi connectivity index (χ1) is 20.7. The van der Waals surface area contributed by atoms with E-state index in [1.807, 2.05) is 0 Å². The van der Waals surface area contributed by atoms with Crippen LogP contribution in [0, 0.1) is 5.82 Å². The number of imide groups is 1. The average Bonchev–Trinajstić information content (AvgIpc) is 3.24. The molecule has 228 valence electrons. The van der Waals surface area contributed by atoms with Gasteiger partial charge in [-0.15, -0.1) is 0 Å². The lowest BCUT2D eigenvalue weighted by molar-refractivity contribution is -0.121. The normalized spacial score (nSPS) is 17.0. The van der Waals surface area contributed by atoms with Gasteiger partial charge in [-0.05, 0) is 74.4 Å². The molecule has 0 saturated carbocycles. The Kier molecular flexibility index (Phi) is 7.98. The molecule has 5 rings (SSSR count). The zero-order valence-corrected chi connectivity index (χ0v) is 25.8. The molecule has 0 aromatic heterocycles. The van der Waals surface area contributed by atoms with Crippen molar-refractivity contribution in [3.63, 3.8) is 0 Å². The van der Waals surface area contributed by atoms with Crippen LogP contribution in [-0.2, 0) is 34.6 Å². The molecule has 1 aliphatic rings. The van der Waals surface area contributed by atoms with Crippen LogP contribution in [-0.4, -0.2) is 39.0 Å². The van der Waals surface area contributed by atoms with E-state index in [1.54, 1.807) is 45.0 Å². The summed E-state index contributed by atoms with van der Waals surface area (Å²) in [7, 11) is -9.38. The Bertz CT molecular complexity index is 1850. The maximum Gasteiger partial charge on any atom is 0.421 e. The molecule has 4 aromatic rings. The van der Waals surface area contributed by atoms with Crippen molar-refractivity contribution < 1.29 is 35.6 Å². The number of hydrogen-bond acceptors (Lipinski definition) is 7. The van der Waals surface area contributed by atoms with Crippen molar-refractivity contribution in [1.29, 1.82) is 0 Å². The largest absolute Gasteiger partial charge is 0.443 e. The van der Waals surface area contributed by atoms with Crippen molar-refractivity contribution in [2.45, 2.75) is 52.6 Å². The van der Waals surface area contributed by atoms with Crippen molar-refractivity contribution in [3.8, 4) is 0 Å². The van der Waals surface area contributed by atoms with Crippen molar-refractivity contribution in [2.75, 3.05) is 4.90 Å². The Hall–Kier alpha value is -4.35. The van der Waals surface area contributed by atoms with Gasteiger partial charge in [-0.25, -0.2) is 30.9 Å². The molecule has 0 aliphatic carbocycles. The third-order valence-electron chi connectivity index (χ3n) is 7.39. The molecule has 0 saturated heterocycles. The van der Waals surface area contributed by atoms with Gasteiger partial charge < -0.3 is 4.74 Å². The van der Waals surface area contributed by atoms with Crippen molar-refractivity contribution >= 4 is 37.4 Å². The Morgan fingerprint density at radius 2 is 1.25 bits per heavy atom. The van der Waals surface area contributed by atoms with E-state index >= 15 is 0 Å². The van der Waals surface area contributed by atoms with E-state index in [2.05, 4.69) is 0 Å². The van der Waals surface area contributed by atoms with Gasteiger partial charge in [0.25, 0.3) is 5.91 Å². The monoisotopic (exact) mass is 635 g/mol. The number of sulfone groups is 2. The molecule has 1 aliphatic heterocycles. The van der Waals surface area contributed by atoms with Crippen LogP contribution in [0.5, 0.6) is 0 Å². The quantitative estimate of drug-likeness (QED) is 0.243. The number of para-hydroxylation sites is 1. The number of hydrogen-bond donors (Lipinski definition) is 0. The smallest absolute Gasteiger partial charge is 0.421 e. The molecule has 0 radical (unpaired) electrons. The van der Waals surface area contributed by atoms with E-state index in [9.17, 15) is 30.8 Å². The summed E-state index contributed by atoms with van der Waals surface area (Å²) < 4.78 is 74.9. The Morgan fingerprint density at radius 1 is 0.773 bits per heavy atom. The number of ether oxygens (including phenoxy) is 1. The van der Waals surface area contributed by atoms with Crippen LogP contribution in [0.25, 0.3) is 0 Å². The Morgan fingerprint density at radius 3 is 1.75 bits per heavy atom. The maximum absolute atomic E-state index is 14.7. The molecule has 0 spiro atoms. The molecule has 1 heterocycles. The van der Waals surface area contributed by atoms with Gasteiger partial charge in [0, 0.05) is 6.42 Å². The highest BCUT2D eigenvalue weighted by Gasteiger charge is 2.59. The summed E-state index contributed by atoms with van der Waals surface area (Å²) >= 11 is 0. The van der Waals surface area contributed by atoms with Gasteiger partial charge in [0.1, 0.15) is 16.8 Å². The summed E-state index contributed by atoms with van der Waals surface area (Å²) in [5, 5.41) is 0. The van der Waals surface area contributed by atoms with Gasteiger partial charge in [-0.3, -0.25) is 4.79 Å². The van der Waals surface area contributed by atoms with Gasteiger partial charge in [-0.2, -0.15) is 0 Å². The van der Waals surface area contributed by atoms with Crippen LogP contribution >= 0.6 is 0 Å². The Balaban J connectivity index is 1.81. The minimum Gasteiger partial charge on any atom is -0.443 e. The predicted octanol–water partition coefficient (Wildman–Crippen LogP) is 6.06. The van der Waals surface area contributed by atoms with E-state index in [-0.39, 0.29) is 26.6 Å². The van der Waals surface area contributed by atoms with Crippen LogP contribution in [0.4, 0.5) is 14.9 Å². The van der Waals surface area contributed by atoms with E-state index < -0.39 is 59.5 Å². The minimum absolute atomic E-state index is 0.101. The lowest BCUT2D eigenvalue weighted by Crippen LogP contribution is -2.49. The Labute approximate surface area is 255 Å². The standard InChI is InChI=1S/C33H30FNO7S2/c1-32(2,3)42-31(37)35-28-17-11-10-16-27(28)33(30(35)36,23-18-20-24(34)21-19-23)22-29(43(38,39)25-12-6-4-7-13-25)44(40,41)26-14-8-5-9-15-26/h4-21,29H,22H2,1-3H3/t33-/m1/s1. The molecule has 0 fully saturated rings. The van der Waals surface area contributed by atoms with E-state index in [0.29, 0.717) is 0 Å². The van der Waals surface area contributed by atoms with Gasteiger partial charge in [-0.1, -0.05) is 66.7 Å². The molecule has 11 heteroatoms. The van der Waals surface area contributed by atoms with Gasteiger partial charge in [0.15, 0.2) is 24.3 Å². The lowest BCUT2D eigenvalue weighted by atomic mass is 9.73. The fourth-order valence-electron chi connectivity index (χ4n) is 5.42. The van der Waals surface area contributed by atoms with Crippen LogP contribution in [0.2, 0.25) is 0 Å². The third kappa shape index (κ3) is 5.41. The number of amides is 2. The third-order valence-corrected chi connectivity index (χ3v) is 12.5. The topological polar surface area (TPSA) is 115 Å². The second kappa shape index (κ2) is 11.3. The summed E-state index contributed by atoms with van der Waals surface area (Å²) in [5.41, 5.74) is -2.65. The van der Waals surface area contributed by atoms with Crippen molar-refractivity contribution in [1.82, 2.24) is 0 Å². The molecule has 0 N–H and O–H groups in total. The molecule has 2 amide bonds. The number of carbonyl (C=O) groups excluding carboxylic acids is 2. The predicted molar refractivity (Wildman–Crippen MR) is 163 cm³/mol. The van der Waals surface area contributed by atoms with E-state index in [4.69, 9.17) is 4.74 Å². The SMILES string of the molecule is CC(C)(C)OC(=O)N1C(=O)[C@](CC(S(=O)(=O)c2ccccc2)S(=O)(=O)c2ccccc2)(c2ccc(F)cc2)c2ccccc21. The number of carbonyl (C=O) groups is 2. The molecule has 0 unspecified atom stereocenters. The van der Waals surface area contributed by atoms with Crippen molar-refractivity contribution in [2.24, 2.45) is 0 Å². The van der Waals surface area contributed by atoms with E-state index in [0.717, 1.165) is 17.0 Å². The summed E-state index contributed by atoms with van der Waals surface area (Å²) in [4.78, 5) is 28.5. The number of fused-ring (bicyclic) bond motifs is 1. The molecular formula is C33H30FNO7S2. The fourth-order valence-corrected chi connectivity index (χ4v) is 10.0. The van der Waals surface area contributed by atoms with Gasteiger partial charge >= 0.3 is 6.09 Å². The number of halogens is 1. The molecule has 0 bridgehead atoms. The summed E-state index contributed by atoms with van der Waals surface area (Å²) in [6, 6.07) is 25.2. The molecule has 8 nitrogen and oxygen atoms in total. The maximum atomic E-state index is 14.7. The minimum atomic E-state index is -4.69. The summed E-state index contributed by atoms with van der Waals surface area (Å²) in [6.07, 6.45) is -1.84. The average molecular weight is 636 g/mol. The number of benzene rings is 4. The second-order valence-corrected chi connectivity index (χ2v) is 16.0. The molecule has 44 heavy (non-hydrogen) atoms. The molecule has 4 aromatic carbocycles. The summed E-state index contributed by atoms with van der Waals surface area (Å²) in [6.45, 7) is 4.87. The molecule has 1 atom stereocenters. The zero-order chi connectivity index (χ0) is 31.9. The van der Waals surface area contributed by atoms with Crippen LogP contribution in [0.3, 0.4) is 0 Å². The van der Waals surface area contributed by atoms with Gasteiger partial charge in [0.2, 0.25) is 0 Å². The first-order valence-electron chi connectivity index (χ1n) is 13.7. The number of anilines is 1. The van der Waals surface area contributed by atoms with Crippen LogP contribution < -0.4 is 4.90 Å². The summed E-state index contributed by atoms with van der Waals surface area (Å²) in [5.74, 6) is -1.55. The highest BCUT2D eigenvalue weighted by atomic mass is 32.3. The zero-order valence-electron chi connectivity index (χ0n) is 24.2. The highest BCUT2D eigenvalue weighted by molar-refractivity contribution is 8.09. The second-order valence-electron chi connectivity index (χ2n) is 11.4. The van der Waals surface area contributed by atoms with Crippen LogP contribution in [0.15, 0.2) is 119 Å². The molecular weight excluding hydrogens is 605 g/mol.